The summed E-state index contributed by atoms with van der Waals surface area (Å²) in [4.78, 5) is 13.2. The minimum absolute atomic E-state index is 0.137. The van der Waals surface area contributed by atoms with Crippen molar-refractivity contribution in [3.05, 3.63) is 53.2 Å². The van der Waals surface area contributed by atoms with Gasteiger partial charge in [0.25, 0.3) is 5.91 Å². The van der Waals surface area contributed by atoms with Crippen LogP contribution in [0.15, 0.2) is 36.4 Å². The fourth-order valence-electron chi connectivity index (χ4n) is 2.54. The van der Waals surface area contributed by atoms with Crippen LogP contribution in [0.4, 0.5) is 5.82 Å². The van der Waals surface area contributed by atoms with E-state index in [4.69, 9.17) is 0 Å². The molecule has 1 amide bonds. The number of nitrogens with zero attached hydrogens (tertiary/aromatic N) is 3. The van der Waals surface area contributed by atoms with Crippen molar-refractivity contribution in [3.8, 4) is 0 Å². The van der Waals surface area contributed by atoms with Gasteiger partial charge < -0.3 is 10.2 Å². The Morgan fingerprint density at radius 1 is 1.24 bits per heavy atom. The molecule has 3 rings (SSSR count). The maximum absolute atomic E-state index is 11.7. The molecule has 1 unspecified atom stereocenters. The van der Waals surface area contributed by atoms with Gasteiger partial charge in [-0.3, -0.25) is 4.79 Å². The molecule has 21 heavy (non-hydrogen) atoms. The van der Waals surface area contributed by atoms with Gasteiger partial charge in [0, 0.05) is 26.6 Å². The molecule has 0 radical (unpaired) electrons. The standard InChI is InChI=1S/C16H18N4O/c1-20(2)16(21)14-7-8-15(19-18-14)17-10-12-9-11-5-3-4-6-13(11)12/h3-8,12H,9-10H2,1-2H3,(H,17,19). The summed E-state index contributed by atoms with van der Waals surface area (Å²) >= 11 is 0. The van der Waals surface area contributed by atoms with Crippen molar-refractivity contribution < 1.29 is 4.79 Å². The molecular formula is C16H18N4O. The Hall–Kier alpha value is -2.43. The SMILES string of the molecule is CN(C)C(=O)c1ccc(NCC2Cc3ccccc32)nn1. The van der Waals surface area contributed by atoms with E-state index in [1.807, 2.05) is 0 Å². The molecule has 1 N–H and O–H groups in total. The van der Waals surface area contributed by atoms with E-state index < -0.39 is 0 Å². The summed E-state index contributed by atoms with van der Waals surface area (Å²) in [5, 5.41) is 11.3. The predicted octanol–water partition coefficient (Wildman–Crippen LogP) is 1.93. The first-order valence-electron chi connectivity index (χ1n) is 7.02. The summed E-state index contributed by atoms with van der Waals surface area (Å²) in [6.45, 7) is 0.840. The van der Waals surface area contributed by atoms with Gasteiger partial charge in [-0.1, -0.05) is 24.3 Å². The van der Waals surface area contributed by atoms with Gasteiger partial charge in [-0.15, -0.1) is 10.2 Å². The third-order valence-electron chi connectivity index (χ3n) is 3.78. The minimum atomic E-state index is -0.137. The number of aromatic nitrogens is 2. The molecule has 1 aliphatic carbocycles. The molecule has 5 heteroatoms. The lowest BCUT2D eigenvalue weighted by Crippen LogP contribution is -2.25. The van der Waals surface area contributed by atoms with Crippen LogP contribution in [0.1, 0.15) is 27.5 Å². The molecule has 0 spiro atoms. The first kappa shape index (κ1) is 13.5. The van der Waals surface area contributed by atoms with E-state index in [0.29, 0.717) is 17.4 Å². The quantitative estimate of drug-likeness (QED) is 0.931. The average molecular weight is 282 g/mol. The highest BCUT2D eigenvalue weighted by molar-refractivity contribution is 5.91. The Labute approximate surface area is 124 Å². The lowest BCUT2D eigenvalue weighted by Gasteiger charge is -2.30. The molecule has 2 aromatic rings. The van der Waals surface area contributed by atoms with E-state index in [0.717, 1.165) is 13.0 Å². The van der Waals surface area contributed by atoms with Gasteiger partial charge in [0.15, 0.2) is 5.69 Å². The van der Waals surface area contributed by atoms with Gasteiger partial charge in [-0.05, 0) is 29.7 Å². The van der Waals surface area contributed by atoms with Crippen LogP contribution in [0.2, 0.25) is 0 Å². The molecule has 108 valence electrons. The van der Waals surface area contributed by atoms with Gasteiger partial charge in [0.05, 0.1) is 0 Å². The molecule has 1 aliphatic rings. The zero-order valence-corrected chi connectivity index (χ0v) is 12.2. The molecule has 0 aliphatic heterocycles. The van der Waals surface area contributed by atoms with Crippen molar-refractivity contribution in [3.63, 3.8) is 0 Å². The Morgan fingerprint density at radius 2 is 2.05 bits per heavy atom. The summed E-state index contributed by atoms with van der Waals surface area (Å²) in [5.74, 6) is 1.10. The van der Waals surface area contributed by atoms with Crippen LogP contribution in [0.3, 0.4) is 0 Å². The summed E-state index contributed by atoms with van der Waals surface area (Å²) in [5.41, 5.74) is 3.21. The Balaban J connectivity index is 1.59. The smallest absolute Gasteiger partial charge is 0.273 e. The summed E-state index contributed by atoms with van der Waals surface area (Å²) in [7, 11) is 3.40. The number of hydrogen-bond acceptors (Lipinski definition) is 4. The van der Waals surface area contributed by atoms with Crippen molar-refractivity contribution in [2.45, 2.75) is 12.3 Å². The van der Waals surface area contributed by atoms with Gasteiger partial charge >= 0.3 is 0 Å². The van der Waals surface area contributed by atoms with Crippen LogP contribution in [-0.2, 0) is 6.42 Å². The highest BCUT2D eigenvalue weighted by Gasteiger charge is 2.24. The summed E-state index contributed by atoms with van der Waals surface area (Å²) < 4.78 is 0. The van der Waals surface area contributed by atoms with Crippen molar-refractivity contribution in [1.29, 1.82) is 0 Å². The van der Waals surface area contributed by atoms with E-state index in [1.54, 1.807) is 26.2 Å². The number of carbonyl (C=O) groups excluding carboxylic acids is 1. The first-order chi connectivity index (χ1) is 10.1. The Morgan fingerprint density at radius 3 is 2.71 bits per heavy atom. The number of carbonyl (C=O) groups is 1. The van der Waals surface area contributed by atoms with Gasteiger partial charge in [0.1, 0.15) is 5.82 Å². The van der Waals surface area contributed by atoms with E-state index in [-0.39, 0.29) is 5.91 Å². The average Bonchev–Trinajstić information content (AvgIpc) is 2.48. The van der Waals surface area contributed by atoms with E-state index in [9.17, 15) is 4.79 Å². The van der Waals surface area contributed by atoms with Crippen LogP contribution in [0.5, 0.6) is 0 Å². The van der Waals surface area contributed by atoms with Gasteiger partial charge in [-0.25, -0.2) is 0 Å². The maximum Gasteiger partial charge on any atom is 0.273 e. The van der Waals surface area contributed by atoms with Crippen molar-refractivity contribution >= 4 is 11.7 Å². The molecule has 5 nitrogen and oxygen atoms in total. The molecule has 0 saturated carbocycles. The normalized spacial score (nSPS) is 15.8. The zero-order valence-electron chi connectivity index (χ0n) is 12.2. The van der Waals surface area contributed by atoms with Crippen LogP contribution in [0.25, 0.3) is 0 Å². The highest BCUT2D eigenvalue weighted by atomic mass is 16.2. The lowest BCUT2D eigenvalue weighted by atomic mass is 9.78. The molecule has 1 aromatic heterocycles. The summed E-state index contributed by atoms with van der Waals surface area (Å²) in [6, 6.07) is 12.0. The van der Waals surface area contributed by atoms with Crippen LogP contribution in [-0.4, -0.2) is 41.6 Å². The van der Waals surface area contributed by atoms with E-state index in [1.165, 1.54) is 16.0 Å². The first-order valence-corrected chi connectivity index (χ1v) is 7.02. The molecule has 1 atom stereocenters. The van der Waals surface area contributed by atoms with Crippen LogP contribution in [0, 0.1) is 0 Å². The fraction of sp³-hybridized carbons (Fsp3) is 0.312. The number of hydrogen-bond donors (Lipinski definition) is 1. The lowest BCUT2D eigenvalue weighted by molar-refractivity contribution is 0.0821. The topological polar surface area (TPSA) is 58.1 Å². The zero-order chi connectivity index (χ0) is 14.8. The second-order valence-corrected chi connectivity index (χ2v) is 5.48. The molecule has 0 saturated heterocycles. The summed E-state index contributed by atoms with van der Waals surface area (Å²) in [6.07, 6.45) is 1.10. The third kappa shape index (κ3) is 2.72. The second kappa shape index (κ2) is 5.52. The minimum Gasteiger partial charge on any atom is -0.368 e. The van der Waals surface area contributed by atoms with Crippen molar-refractivity contribution in [1.82, 2.24) is 15.1 Å². The van der Waals surface area contributed by atoms with E-state index in [2.05, 4.69) is 39.8 Å². The fourth-order valence-corrected chi connectivity index (χ4v) is 2.54. The van der Waals surface area contributed by atoms with Crippen LogP contribution < -0.4 is 5.32 Å². The number of amides is 1. The van der Waals surface area contributed by atoms with Crippen LogP contribution >= 0.6 is 0 Å². The Kier molecular flexibility index (Phi) is 3.56. The number of rotatable bonds is 4. The molecule has 0 bridgehead atoms. The molecule has 1 heterocycles. The second-order valence-electron chi connectivity index (χ2n) is 5.48. The number of benzene rings is 1. The number of anilines is 1. The van der Waals surface area contributed by atoms with Crippen molar-refractivity contribution in [2.24, 2.45) is 0 Å². The Bertz CT molecular complexity index is 652. The van der Waals surface area contributed by atoms with Crippen molar-refractivity contribution in [2.75, 3.05) is 26.0 Å². The third-order valence-corrected chi connectivity index (χ3v) is 3.78. The van der Waals surface area contributed by atoms with Gasteiger partial charge in [0.2, 0.25) is 0 Å². The van der Waals surface area contributed by atoms with E-state index >= 15 is 0 Å². The largest absolute Gasteiger partial charge is 0.368 e. The predicted molar refractivity (Wildman–Crippen MR) is 81.4 cm³/mol. The monoisotopic (exact) mass is 282 g/mol. The maximum atomic E-state index is 11.7. The highest BCUT2D eigenvalue weighted by Crippen LogP contribution is 2.34. The van der Waals surface area contributed by atoms with Gasteiger partial charge in [-0.2, -0.15) is 0 Å². The molecular weight excluding hydrogens is 264 g/mol. The molecule has 0 fully saturated rings. The number of fused-ring (bicyclic) bond motifs is 1. The molecule has 1 aromatic carbocycles. The number of nitrogens with one attached hydrogen (secondary N) is 1.